The molecular weight excluding hydrogens is 270 g/mol. The first-order valence-electron chi connectivity index (χ1n) is 6.83. The summed E-state index contributed by atoms with van der Waals surface area (Å²) in [5.74, 6) is 0.554. The van der Waals surface area contributed by atoms with E-state index in [1.54, 1.807) is 25.3 Å². The first-order chi connectivity index (χ1) is 10.2. The Hall–Kier alpha value is -2.11. The SMILES string of the molecule is COCCCNCc1ccc(-c2cccc(C(=O)O)c2)o1. The molecule has 0 aliphatic heterocycles. The van der Waals surface area contributed by atoms with Gasteiger partial charge in [-0.05, 0) is 37.2 Å². The quantitative estimate of drug-likeness (QED) is 0.731. The molecule has 0 atom stereocenters. The van der Waals surface area contributed by atoms with Crippen LogP contribution in [-0.2, 0) is 11.3 Å². The van der Waals surface area contributed by atoms with Gasteiger partial charge in [-0.15, -0.1) is 0 Å². The van der Waals surface area contributed by atoms with Crippen LogP contribution in [0.15, 0.2) is 40.8 Å². The molecule has 0 bridgehead atoms. The number of carboxylic acids is 1. The summed E-state index contributed by atoms with van der Waals surface area (Å²) in [6.07, 6.45) is 0.949. The number of hydrogen-bond acceptors (Lipinski definition) is 4. The lowest BCUT2D eigenvalue weighted by Crippen LogP contribution is -2.15. The summed E-state index contributed by atoms with van der Waals surface area (Å²) in [5.41, 5.74) is 1.02. The molecule has 0 spiro atoms. The lowest BCUT2D eigenvalue weighted by molar-refractivity contribution is 0.0697. The highest BCUT2D eigenvalue weighted by atomic mass is 16.5. The van der Waals surface area contributed by atoms with Crippen molar-refractivity contribution in [3.63, 3.8) is 0 Å². The molecule has 0 aliphatic rings. The Morgan fingerprint density at radius 2 is 2.19 bits per heavy atom. The van der Waals surface area contributed by atoms with Crippen LogP contribution in [0.1, 0.15) is 22.5 Å². The molecule has 5 heteroatoms. The van der Waals surface area contributed by atoms with Crippen molar-refractivity contribution in [1.82, 2.24) is 5.32 Å². The smallest absolute Gasteiger partial charge is 0.335 e. The highest BCUT2D eigenvalue weighted by molar-refractivity contribution is 5.89. The van der Waals surface area contributed by atoms with Crippen molar-refractivity contribution in [3.05, 3.63) is 47.7 Å². The van der Waals surface area contributed by atoms with E-state index in [9.17, 15) is 4.79 Å². The molecule has 5 nitrogen and oxygen atoms in total. The van der Waals surface area contributed by atoms with Crippen LogP contribution in [0.4, 0.5) is 0 Å². The summed E-state index contributed by atoms with van der Waals surface area (Å²) >= 11 is 0. The molecule has 1 aromatic heterocycles. The van der Waals surface area contributed by atoms with E-state index in [4.69, 9.17) is 14.3 Å². The fourth-order valence-electron chi connectivity index (χ4n) is 1.99. The largest absolute Gasteiger partial charge is 0.478 e. The van der Waals surface area contributed by atoms with E-state index in [2.05, 4.69) is 5.32 Å². The fraction of sp³-hybridized carbons (Fsp3) is 0.312. The Kier molecular flexibility index (Phi) is 5.54. The topological polar surface area (TPSA) is 71.7 Å². The maximum absolute atomic E-state index is 11.0. The van der Waals surface area contributed by atoms with E-state index in [-0.39, 0.29) is 5.56 Å². The van der Waals surface area contributed by atoms with Crippen LogP contribution in [0.2, 0.25) is 0 Å². The highest BCUT2D eigenvalue weighted by Gasteiger charge is 2.08. The second-order valence-electron chi connectivity index (χ2n) is 4.68. The first kappa shape index (κ1) is 15.3. The van der Waals surface area contributed by atoms with Crippen LogP contribution < -0.4 is 5.32 Å². The van der Waals surface area contributed by atoms with Gasteiger partial charge in [0.15, 0.2) is 0 Å². The standard InChI is InChI=1S/C16H19NO4/c1-20-9-3-8-17-11-14-6-7-15(21-14)12-4-2-5-13(10-12)16(18)19/h2,4-7,10,17H,3,8-9,11H2,1H3,(H,18,19). The van der Waals surface area contributed by atoms with Gasteiger partial charge in [-0.3, -0.25) is 0 Å². The van der Waals surface area contributed by atoms with Gasteiger partial charge in [0.2, 0.25) is 0 Å². The third-order valence-corrected chi connectivity index (χ3v) is 3.06. The molecular formula is C16H19NO4. The maximum Gasteiger partial charge on any atom is 0.335 e. The first-order valence-corrected chi connectivity index (χ1v) is 6.83. The molecule has 0 aliphatic carbocycles. The zero-order chi connectivity index (χ0) is 15.1. The summed E-state index contributed by atoms with van der Waals surface area (Å²) < 4.78 is 10.7. The van der Waals surface area contributed by atoms with Crippen LogP contribution in [-0.4, -0.2) is 31.3 Å². The normalized spacial score (nSPS) is 10.7. The number of ether oxygens (including phenoxy) is 1. The van der Waals surface area contributed by atoms with E-state index in [0.29, 0.717) is 12.3 Å². The number of carbonyl (C=O) groups is 1. The van der Waals surface area contributed by atoms with Crippen molar-refractivity contribution in [3.8, 4) is 11.3 Å². The third kappa shape index (κ3) is 4.44. The second-order valence-corrected chi connectivity index (χ2v) is 4.68. The molecule has 2 rings (SSSR count). The number of methoxy groups -OCH3 is 1. The van der Waals surface area contributed by atoms with E-state index in [1.807, 2.05) is 18.2 Å². The van der Waals surface area contributed by atoms with Gasteiger partial charge in [0, 0.05) is 19.3 Å². The average Bonchev–Trinajstić information content (AvgIpc) is 2.96. The Labute approximate surface area is 123 Å². The zero-order valence-corrected chi connectivity index (χ0v) is 12.0. The average molecular weight is 289 g/mol. The summed E-state index contributed by atoms with van der Waals surface area (Å²) in [4.78, 5) is 11.0. The number of nitrogens with one attached hydrogen (secondary N) is 1. The molecule has 0 saturated heterocycles. The number of carboxylic acid groups (broad SMARTS) is 1. The number of furan rings is 1. The Bertz CT molecular complexity index is 591. The molecule has 0 radical (unpaired) electrons. The van der Waals surface area contributed by atoms with E-state index >= 15 is 0 Å². The highest BCUT2D eigenvalue weighted by Crippen LogP contribution is 2.23. The van der Waals surface area contributed by atoms with Crippen molar-refractivity contribution in [2.24, 2.45) is 0 Å². The Morgan fingerprint density at radius 1 is 1.33 bits per heavy atom. The number of rotatable bonds is 8. The van der Waals surface area contributed by atoms with Crippen molar-refractivity contribution >= 4 is 5.97 Å². The second kappa shape index (κ2) is 7.61. The van der Waals surface area contributed by atoms with Gasteiger partial charge in [-0.2, -0.15) is 0 Å². The zero-order valence-electron chi connectivity index (χ0n) is 12.0. The maximum atomic E-state index is 11.0. The van der Waals surface area contributed by atoms with Crippen LogP contribution in [0.3, 0.4) is 0 Å². The fourth-order valence-corrected chi connectivity index (χ4v) is 1.99. The van der Waals surface area contributed by atoms with Crippen LogP contribution in [0, 0.1) is 0 Å². The molecule has 0 saturated carbocycles. The molecule has 2 N–H and O–H groups in total. The minimum Gasteiger partial charge on any atom is -0.478 e. The van der Waals surface area contributed by atoms with Crippen LogP contribution >= 0.6 is 0 Å². The summed E-state index contributed by atoms with van der Waals surface area (Å²) in [5, 5.41) is 12.3. The molecule has 1 heterocycles. The van der Waals surface area contributed by atoms with E-state index in [0.717, 1.165) is 30.9 Å². The Balaban J connectivity index is 1.96. The van der Waals surface area contributed by atoms with Gasteiger partial charge in [-0.1, -0.05) is 12.1 Å². The van der Waals surface area contributed by atoms with Crippen molar-refractivity contribution in [2.45, 2.75) is 13.0 Å². The van der Waals surface area contributed by atoms with Gasteiger partial charge in [0.1, 0.15) is 11.5 Å². The predicted molar refractivity (Wildman–Crippen MR) is 79.3 cm³/mol. The van der Waals surface area contributed by atoms with Crippen LogP contribution in [0.5, 0.6) is 0 Å². The van der Waals surface area contributed by atoms with Gasteiger partial charge < -0.3 is 19.6 Å². The number of aromatic carboxylic acids is 1. The third-order valence-electron chi connectivity index (χ3n) is 3.06. The lowest BCUT2D eigenvalue weighted by atomic mass is 10.1. The molecule has 21 heavy (non-hydrogen) atoms. The predicted octanol–water partition coefficient (Wildman–Crippen LogP) is 2.77. The minimum absolute atomic E-state index is 0.253. The molecule has 0 amide bonds. The number of benzene rings is 1. The Morgan fingerprint density at radius 3 is 2.95 bits per heavy atom. The van der Waals surface area contributed by atoms with Gasteiger partial charge in [0.05, 0.1) is 12.1 Å². The molecule has 112 valence electrons. The van der Waals surface area contributed by atoms with E-state index < -0.39 is 5.97 Å². The molecule has 1 aromatic carbocycles. The van der Waals surface area contributed by atoms with Crippen molar-refractivity contribution < 1.29 is 19.1 Å². The molecule has 2 aromatic rings. The lowest BCUT2D eigenvalue weighted by Gasteiger charge is -2.02. The molecule has 0 unspecified atom stereocenters. The summed E-state index contributed by atoms with van der Waals surface area (Å²) in [7, 11) is 1.68. The van der Waals surface area contributed by atoms with Gasteiger partial charge in [0.25, 0.3) is 0 Å². The summed E-state index contributed by atoms with van der Waals surface area (Å²) in [6.45, 7) is 2.24. The van der Waals surface area contributed by atoms with Crippen molar-refractivity contribution in [2.75, 3.05) is 20.3 Å². The van der Waals surface area contributed by atoms with Gasteiger partial charge in [-0.25, -0.2) is 4.79 Å². The van der Waals surface area contributed by atoms with Crippen molar-refractivity contribution in [1.29, 1.82) is 0 Å². The van der Waals surface area contributed by atoms with Gasteiger partial charge >= 0.3 is 5.97 Å². The number of hydrogen-bond donors (Lipinski definition) is 2. The van der Waals surface area contributed by atoms with E-state index in [1.165, 1.54) is 0 Å². The molecule has 0 fully saturated rings. The van der Waals surface area contributed by atoms with Crippen LogP contribution in [0.25, 0.3) is 11.3 Å². The minimum atomic E-state index is -0.941. The monoisotopic (exact) mass is 289 g/mol. The summed E-state index contributed by atoms with van der Waals surface area (Å²) in [6, 6.07) is 10.5.